The standard InChI is InChI=1S/C35H43ClN2O5/c1-23-19-35(42-3,33(40)41)26-10-14-32-30(18-26)38(20-25-9-12-28(25)31(39)8-4-5-16-37(23)2)21-34(22-43-32)15-6-7-24-17-27(36)11-13-29(24)34/h4,8,10-11,13-14,17-18,25,28,31,39H,1,5-7,9,12,15-16,19-22H2,2-3H3,(H,40,41)/b8-4+/t25-,28+,31-,34-,35+/m0/s1. The van der Waals surface area contributed by atoms with Crippen LogP contribution in [-0.2, 0) is 27.0 Å². The normalized spacial score (nSPS) is 31.7. The topological polar surface area (TPSA) is 82.5 Å². The Hall–Kier alpha value is -3.00. The van der Waals surface area contributed by atoms with Gasteiger partial charge >= 0.3 is 5.97 Å². The number of halogens is 1. The molecule has 0 saturated heterocycles. The van der Waals surface area contributed by atoms with Crippen molar-refractivity contribution in [2.24, 2.45) is 11.8 Å². The molecule has 4 aliphatic rings. The summed E-state index contributed by atoms with van der Waals surface area (Å²) in [5, 5.41) is 22.5. The zero-order valence-corrected chi connectivity index (χ0v) is 26.0. The molecular weight excluding hydrogens is 564 g/mol. The lowest BCUT2D eigenvalue weighted by Crippen LogP contribution is -2.49. The Labute approximate surface area is 259 Å². The number of methoxy groups -OCH3 is 1. The molecule has 2 heterocycles. The molecule has 2 aromatic carbocycles. The molecular formula is C35H43ClN2O5. The summed E-state index contributed by atoms with van der Waals surface area (Å²) < 4.78 is 12.5. The smallest absolute Gasteiger partial charge is 0.341 e. The molecule has 2 aromatic rings. The third-order valence-corrected chi connectivity index (χ3v) is 10.8. The predicted octanol–water partition coefficient (Wildman–Crippen LogP) is 5.92. The number of hydrogen-bond donors (Lipinski definition) is 2. The largest absolute Gasteiger partial charge is 0.490 e. The van der Waals surface area contributed by atoms with Crippen molar-refractivity contribution in [3.8, 4) is 5.75 Å². The van der Waals surface area contributed by atoms with Crippen LogP contribution in [0.2, 0.25) is 5.02 Å². The van der Waals surface area contributed by atoms with Gasteiger partial charge in [-0.15, -0.1) is 0 Å². The first-order chi connectivity index (χ1) is 20.7. The van der Waals surface area contributed by atoms with Gasteiger partial charge in [0, 0.05) is 56.3 Å². The van der Waals surface area contributed by atoms with Crippen LogP contribution < -0.4 is 9.64 Å². The van der Waals surface area contributed by atoms with E-state index in [1.807, 2.05) is 48.4 Å². The van der Waals surface area contributed by atoms with Crippen molar-refractivity contribution >= 4 is 23.3 Å². The van der Waals surface area contributed by atoms with Crippen molar-refractivity contribution in [2.75, 3.05) is 45.3 Å². The maximum Gasteiger partial charge on any atom is 0.341 e. The minimum Gasteiger partial charge on any atom is -0.490 e. The summed E-state index contributed by atoms with van der Waals surface area (Å²) >= 11 is 6.42. The van der Waals surface area contributed by atoms with E-state index in [-0.39, 0.29) is 17.8 Å². The lowest BCUT2D eigenvalue weighted by atomic mass is 9.68. The van der Waals surface area contributed by atoms with Gasteiger partial charge in [0.25, 0.3) is 0 Å². The van der Waals surface area contributed by atoms with Gasteiger partial charge in [-0.3, -0.25) is 0 Å². The van der Waals surface area contributed by atoms with Gasteiger partial charge in [-0.2, -0.15) is 0 Å². The van der Waals surface area contributed by atoms with E-state index in [0.29, 0.717) is 30.3 Å². The molecule has 43 heavy (non-hydrogen) atoms. The minimum absolute atomic E-state index is 0.101. The van der Waals surface area contributed by atoms with Gasteiger partial charge < -0.3 is 29.5 Å². The van der Waals surface area contributed by atoms with E-state index in [0.717, 1.165) is 68.1 Å². The number of ether oxygens (including phenoxy) is 2. The van der Waals surface area contributed by atoms with E-state index >= 15 is 0 Å². The molecule has 0 aromatic heterocycles. The van der Waals surface area contributed by atoms with Crippen LogP contribution in [-0.4, -0.2) is 67.6 Å². The quantitative estimate of drug-likeness (QED) is 0.411. The number of carboxylic acids is 1. The van der Waals surface area contributed by atoms with E-state index in [9.17, 15) is 15.0 Å². The number of nitrogens with zero attached hydrogens (tertiary/aromatic N) is 2. The molecule has 0 amide bonds. The molecule has 5 atom stereocenters. The number of hydrogen-bond acceptors (Lipinski definition) is 6. The van der Waals surface area contributed by atoms with Crippen LogP contribution in [0, 0.1) is 11.8 Å². The van der Waals surface area contributed by atoms with Gasteiger partial charge in [0.15, 0.2) is 5.60 Å². The van der Waals surface area contributed by atoms with Crippen molar-refractivity contribution in [2.45, 2.75) is 62.1 Å². The van der Waals surface area contributed by atoms with Crippen LogP contribution in [0.1, 0.15) is 55.2 Å². The van der Waals surface area contributed by atoms with E-state index < -0.39 is 17.7 Å². The number of benzene rings is 2. The highest BCUT2D eigenvalue weighted by Crippen LogP contribution is 2.48. The zero-order chi connectivity index (χ0) is 30.4. The van der Waals surface area contributed by atoms with Gasteiger partial charge in [-0.25, -0.2) is 4.79 Å². The molecule has 0 unspecified atom stereocenters. The molecule has 1 fully saturated rings. The highest BCUT2D eigenvalue weighted by molar-refractivity contribution is 6.30. The van der Waals surface area contributed by atoms with Gasteiger partial charge in [-0.1, -0.05) is 42.5 Å². The number of fused-ring (bicyclic) bond motifs is 4. The van der Waals surface area contributed by atoms with Crippen molar-refractivity contribution < 1.29 is 24.5 Å². The van der Waals surface area contributed by atoms with Crippen LogP contribution in [0.25, 0.3) is 0 Å². The molecule has 2 N–H and O–H groups in total. The van der Waals surface area contributed by atoms with Gasteiger partial charge in [-0.05, 0) is 91.3 Å². The molecule has 8 heteroatoms. The molecule has 1 saturated carbocycles. The van der Waals surface area contributed by atoms with E-state index in [4.69, 9.17) is 21.1 Å². The van der Waals surface area contributed by atoms with Crippen LogP contribution in [0.15, 0.2) is 60.8 Å². The fourth-order valence-electron chi connectivity index (χ4n) is 7.72. The van der Waals surface area contributed by atoms with Crippen LogP contribution in [0.4, 0.5) is 5.69 Å². The Kier molecular flexibility index (Phi) is 8.26. The van der Waals surface area contributed by atoms with E-state index in [1.54, 1.807) is 0 Å². The first kappa shape index (κ1) is 30.0. The summed E-state index contributed by atoms with van der Waals surface area (Å²) in [6.45, 7) is 6.91. The number of aliphatic hydroxyl groups excluding tert-OH is 1. The third kappa shape index (κ3) is 5.45. The second-order valence-corrected chi connectivity index (χ2v) is 13.4. The first-order valence-electron chi connectivity index (χ1n) is 15.5. The molecule has 230 valence electrons. The summed E-state index contributed by atoms with van der Waals surface area (Å²) in [5.41, 5.74) is 2.83. The average molecular weight is 607 g/mol. The van der Waals surface area contributed by atoms with Crippen LogP contribution in [0.5, 0.6) is 5.75 Å². The Morgan fingerprint density at radius 3 is 2.79 bits per heavy atom. The number of aliphatic hydroxyl groups is 1. The monoisotopic (exact) mass is 606 g/mol. The summed E-state index contributed by atoms with van der Waals surface area (Å²) in [6.07, 6.45) is 9.37. The Morgan fingerprint density at radius 2 is 2.05 bits per heavy atom. The zero-order valence-electron chi connectivity index (χ0n) is 25.2. The van der Waals surface area contributed by atoms with Crippen molar-refractivity contribution in [3.05, 3.63) is 82.5 Å². The fraction of sp³-hybridized carbons (Fsp3) is 0.514. The predicted molar refractivity (Wildman–Crippen MR) is 169 cm³/mol. The lowest BCUT2D eigenvalue weighted by Gasteiger charge is -2.45. The van der Waals surface area contributed by atoms with Crippen LogP contribution in [0.3, 0.4) is 0 Å². The van der Waals surface area contributed by atoms with Crippen molar-refractivity contribution in [1.29, 1.82) is 0 Å². The Morgan fingerprint density at radius 1 is 1.21 bits per heavy atom. The first-order valence-corrected chi connectivity index (χ1v) is 15.9. The minimum atomic E-state index is -1.60. The summed E-state index contributed by atoms with van der Waals surface area (Å²) in [5.74, 6) is 0.175. The maximum absolute atomic E-state index is 13.0. The van der Waals surface area contributed by atoms with E-state index in [1.165, 1.54) is 18.2 Å². The number of aliphatic carboxylic acids is 1. The third-order valence-electron chi connectivity index (χ3n) is 10.5. The molecule has 7 nitrogen and oxygen atoms in total. The number of carboxylic acid groups (broad SMARTS) is 1. The number of aryl methyl sites for hydroxylation is 1. The molecule has 2 aliphatic heterocycles. The number of anilines is 1. The maximum atomic E-state index is 13.0. The Bertz CT molecular complexity index is 1430. The summed E-state index contributed by atoms with van der Waals surface area (Å²) in [7, 11) is 3.38. The lowest BCUT2D eigenvalue weighted by molar-refractivity contribution is -0.164. The number of carbonyl (C=O) groups is 1. The van der Waals surface area contributed by atoms with E-state index in [2.05, 4.69) is 23.6 Å². The van der Waals surface area contributed by atoms with Gasteiger partial charge in [0.1, 0.15) is 5.75 Å². The van der Waals surface area contributed by atoms with Crippen LogP contribution >= 0.6 is 11.6 Å². The van der Waals surface area contributed by atoms with Gasteiger partial charge in [0.2, 0.25) is 0 Å². The second-order valence-electron chi connectivity index (χ2n) is 13.0. The summed E-state index contributed by atoms with van der Waals surface area (Å²) in [6, 6.07) is 11.9. The number of rotatable bonds is 2. The summed E-state index contributed by atoms with van der Waals surface area (Å²) in [4.78, 5) is 17.4. The Balaban J connectivity index is 1.47. The second kappa shape index (κ2) is 11.8. The molecule has 0 radical (unpaired) electrons. The molecule has 2 bridgehead atoms. The SMILES string of the molecule is C=C1C[C@](OC)(C(=O)O)c2ccc3c(c2)N(C[C@@H]2CC[C@H]2[C@@H](O)/C=C/CCN1C)C[C@@]1(CCCc2cc(Cl)ccc21)CO3. The fourth-order valence-corrected chi connectivity index (χ4v) is 7.92. The average Bonchev–Trinajstić information content (AvgIpc) is 3.12. The highest BCUT2D eigenvalue weighted by Gasteiger charge is 2.46. The van der Waals surface area contributed by atoms with Crippen molar-refractivity contribution in [3.63, 3.8) is 0 Å². The molecule has 6 rings (SSSR count). The molecule has 2 aliphatic carbocycles. The van der Waals surface area contributed by atoms with Gasteiger partial charge in [0.05, 0.1) is 18.4 Å². The van der Waals surface area contributed by atoms with Crippen molar-refractivity contribution in [1.82, 2.24) is 4.90 Å². The molecule has 1 spiro atoms. The highest BCUT2D eigenvalue weighted by atomic mass is 35.5.